The van der Waals surface area contributed by atoms with Crippen LogP contribution in [0.2, 0.25) is 0 Å². The second kappa shape index (κ2) is 9.90. The van der Waals surface area contributed by atoms with Crippen molar-refractivity contribution in [1.29, 1.82) is 0 Å². The maximum atomic E-state index is 12.5. The number of ether oxygens (including phenoxy) is 2. The summed E-state index contributed by atoms with van der Waals surface area (Å²) in [5.74, 6) is -0.0697. The SMILES string of the molecule is CCOC(=O)N1CCN(CC(=O)Nc2ccc(OC)c(S(=O)(=O)N(C)C)c2)CC1. The Bertz CT molecular complexity index is 835. The number of sulfonamides is 1. The number of nitrogens with zero attached hydrogens (tertiary/aromatic N) is 3. The van der Waals surface area contributed by atoms with Crippen LogP contribution in [0.15, 0.2) is 23.1 Å². The molecule has 1 heterocycles. The first-order valence-corrected chi connectivity index (χ1v) is 10.7. The van der Waals surface area contributed by atoms with Crippen molar-refractivity contribution < 1.29 is 27.5 Å². The van der Waals surface area contributed by atoms with E-state index in [-0.39, 0.29) is 29.2 Å². The number of hydrogen-bond acceptors (Lipinski definition) is 7. The van der Waals surface area contributed by atoms with Gasteiger partial charge in [-0.15, -0.1) is 0 Å². The number of anilines is 1. The molecule has 1 N–H and O–H groups in total. The Morgan fingerprint density at radius 2 is 1.83 bits per heavy atom. The van der Waals surface area contributed by atoms with Gasteiger partial charge in [-0.25, -0.2) is 17.5 Å². The van der Waals surface area contributed by atoms with Crippen molar-refractivity contribution in [3.63, 3.8) is 0 Å². The number of rotatable bonds is 7. The molecule has 0 radical (unpaired) electrons. The van der Waals surface area contributed by atoms with Crippen molar-refractivity contribution in [2.75, 3.05) is 65.9 Å². The maximum absolute atomic E-state index is 12.5. The molecule has 0 aliphatic carbocycles. The molecular weight excluding hydrogens is 400 g/mol. The molecule has 1 fully saturated rings. The van der Waals surface area contributed by atoms with E-state index >= 15 is 0 Å². The first-order chi connectivity index (χ1) is 13.7. The minimum absolute atomic E-state index is 0.0224. The van der Waals surface area contributed by atoms with E-state index in [0.717, 1.165) is 4.31 Å². The van der Waals surface area contributed by atoms with Crippen LogP contribution in [0.4, 0.5) is 10.5 Å². The van der Waals surface area contributed by atoms with Crippen LogP contribution >= 0.6 is 0 Å². The smallest absolute Gasteiger partial charge is 0.409 e. The number of piperazine rings is 1. The molecule has 2 rings (SSSR count). The molecule has 0 bridgehead atoms. The summed E-state index contributed by atoms with van der Waals surface area (Å²) in [5, 5.41) is 2.72. The number of benzene rings is 1. The van der Waals surface area contributed by atoms with E-state index in [2.05, 4.69) is 5.32 Å². The van der Waals surface area contributed by atoms with Crippen LogP contribution in [-0.4, -0.2) is 95.1 Å². The van der Waals surface area contributed by atoms with Crippen LogP contribution < -0.4 is 10.1 Å². The molecule has 1 aliphatic heterocycles. The van der Waals surface area contributed by atoms with Crippen molar-refractivity contribution in [3.8, 4) is 5.75 Å². The van der Waals surface area contributed by atoms with Gasteiger partial charge in [-0.05, 0) is 25.1 Å². The highest BCUT2D eigenvalue weighted by molar-refractivity contribution is 7.89. The molecule has 1 aromatic carbocycles. The van der Waals surface area contributed by atoms with Crippen LogP contribution in [0.1, 0.15) is 6.92 Å². The Balaban J connectivity index is 1.99. The number of carbonyl (C=O) groups excluding carboxylic acids is 2. The molecule has 0 aromatic heterocycles. The summed E-state index contributed by atoms with van der Waals surface area (Å²) in [4.78, 5) is 27.6. The van der Waals surface area contributed by atoms with E-state index in [9.17, 15) is 18.0 Å². The fourth-order valence-electron chi connectivity index (χ4n) is 2.86. The zero-order chi connectivity index (χ0) is 21.6. The Hall–Kier alpha value is -2.37. The van der Waals surface area contributed by atoms with E-state index < -0.39 is 10.0 Å². The van der Waals surface area contributed by atoms with Crippen LogP contribution in [-0.2, 0) is 19.6 Å². The standard InChI is InChI=1S/C18H28N4O6S/c1-5-28-18(24)22-10-8-21(9-11-22)13-17(23)19-14-6-7-15(27-4)16(12-14)29(25,26)20(2)3/h6-7,12H,5,8-11,13H2,1-4H3,(H,19,23). The number of amides is 2. The summed E-state index contributed by atoms with van der Waals surface area (Å²) in [6.07, 6.45) is -0.343. The van der Waals surface area contributed by atoms with Crippen molar-refractivity contribution in [2.24, 2.45) is 0 Å². The van der Waals surface area contributed by atoms with Gasteiger partial charge >= 0.3 is 6.09 Å². The average molecular weight is 429 g/mol. The lowest BCUT2D eigenvalue weighted by Gasteiger charge is -2.33. The molecule has 1 aromatic rings. The van der Waals surface area contributed by atoms with Gasteiger partial charge in [-0.3, -0.25) is 9.69 Å². The van der Waals surface area contributed by atoms with Gasteiger partial charge in [0.2, 0.25) is 15.9 Å². The van der Waals surface area contributed by atoms with Crippen molar-refractivity contribution in [2.45, 2.75) is 11.8 Å². The molecule has 29 heavy (non-hydrogen) atoms. The number of carbonyl (C=O) groups is 2. The summed E-state index contributed by atoms with van der Waals surface area (Å²) >= 11 is 0. The zero-order valence-corrected chi connectivity index (χ0v) is 18.0. The largest absolute Gasteiger partial charge is 0.495 e. The molecule has 0 atom stereocenters. The first kappa shape index (κ1) is 22.9. The Morgan fingerprint density at radius 1 is 1.17 bits per heavy atom. The summed E-state index contributed by atoms with van der Waals surface area (Å²) in [6.45, 7) is 4.30. The highest BCUT2D eigenvalue weighted by Crippen LogP contribution is 2.28. The third-order valence-corrected chi connectivity index (χ3v) is 6.31. The Morgan fingerprint density at radius 3 is 2.38 bits per heavy atom. The Kier molecular flexibility index (Phi) is 7.82. The van der Waals surface area contributed by atoms with Crippen LogP contribution in [0.3, 0.4) is 0 Å². The van der Waals surface area contributed by atoms with Crippen molar-refractivity contribution in [3.05, 3.63) is 18.2 Å². The second-order valence-corrected chi connectivity index (χ2v) is 8.78. The monoisotopic (exact) mass is 428 g/mol. The third kappa shape index (κ3) is 5.81. The quantitative estimate of drug-likeness (QED) is 0.679. The molecule has 1 saturated heterocycles. The molecule has 0 spiro atoms. The number of methoxy groups -OCH3 is 1. The molecule has 0 unspecified atom stereocenters. The number of nitrogens with one attached hydrogen (secondary N) is 1. The third-order valence-electron chi connectivity index (χ3n) is 4.47. The number of hydrogen-bond donors (Lipinski definition) is 1. The second-order valence-electron chi connectivity index (χ2n) is 6.66. The van der Waals surface area contributed by atoms with Gasteiger partial charge in [-0.1, -0.05) is 0 Å². The fraction of sp³-hybridized carbons (Fsp3) is 0.556. The molecule has 162 valence electrons. The minimum atomic E-state index is -3.73. The minimum Gasteiger partial charge on any atom is -0.495 e. The van der Waals surface area contributed by atoms with Crippen molar-refractivity contribution >= 4 is 27.7 Å². The van der Waals surface area contributed by atoms with Gasteiger partial charge in [0.05, 0.1) is 20.3 Å². The highest BCUT2D eigenvalue weighted by Gasteiger charge is 2.25. The molecule has 0 saturated carbocycles. The van der Waals surface area contributed by atoms with Gasteiger partial charge in [0.25, 0.3) is 0 Å². The van der Waals surface area contributed by atoms with Crippen molar-refractivity contribution in [1.82, 2.24) is 14.1 Å². The predicted molar refractivity (Wildman–Crippen MR) is 108 cm³/mol. The highest BCUT2D eigenvalue weighted by atomic mass is 32.2. The van der Waals surface area contributed by atoms with Crippen LogP contribution in [0.5, 0.6) is 5.75 Å². The van der Waals surface area contributed by atoms with Crippen LogP contribution in [0.25, 0.3) is 0 Å². The summed E-state index contributed by atoms with van der Waals surface area (Å²) in [7, 11) is 0.513. The maximum Gasteiger partial charge on any atom is 0.409 e. The van der Waals surface area contributed by atoms with E-state index in [1.54, 1.807) is 17.9 Å². The fourth-order valence-corrected chi connectivity index (χ4v) is 3.93. The summed E-state index contributed by atoms with van der Waals surface area (Å²) < 4.78 is 36.2. The lowest BCUT2D eigenvalue weighted by Crippen LogP contribution is -2.50. The predicted octanol–water partition coefficient (Wildman–Crippen LogP) is 0.658. The molecular formula is C18H28N4O6S. The van der Waals surface area contributed by atoms with E-state index in [0.29, 0.717) is 38.5 Å². The Labute approximate surface area is 171 Å². The van der Waals surface area contributed by atoms with Gasteiger partial charge in [0.1, 0.15) is 10.6 Å². The van der Waals surface area contributed by atoms with E-state index in [4.69, 9.17) is 9.47 Å². The molecule has 11 heteroatoms. The van der Waals surface area contributed by atoms with Gasteiger partial charge < -0.3 is 19.7 Å². The topological polar surface area (TPSA) is 108 Å². The van der Waals surface area contributed by atoms with Gasteiger partial charge in [-0.2, -0.15) is 0 Å². The van der Waals surface area contributed by atoms with Gasteiger partial charge in [0.15, 0.2) is 0 Å². The lowest BCUT2D eigenvalue weighted by atomic mass is 10.3. The average Bonchev–Trinajstić information content (AvgIpc) is 2.68. The van der Waals surface area contributed by atoms with E-state index in [1.165, 1.54) is 33.3 Å². The van der Waals surface area contributed by atoms with E-state index in [1.807, 2.05) is 4.90 Å². The molecule has 1 aliphatic rings. The van der Waals surface area contributed by atoms with Crippen LogP contribution in [0, 0.1) is 0 Å². The summed E-state index contributed by atoms with van der Waals surface area (Å²) in [6, 6.07) is 4.47. The zero-order valence-electron chi connectivity index (χ0n) is 17.2. The summed E-state index contributed by atoms with van der Waals surface area (Å²) in [5.41, 5.74) is 0.362. The van der Waals surface area contributed by atoms with Gasteiger partial charge in [0, 0.05) is 46.0 Å². The normalized spacial score (nSPS) is 15.3. The lowest BCUT2D eigenvalue weighted by molar-refractivity contribution is -0.117. The molecule has 10 nitrogen and oxygen atoms in total. The molecule has 2 amide bonds. The first-order valence-electron chi connectivity index (χ1n) is 9.23.